The SMILES string of the molecule is OC(COCc1ccc(Cl)cc1)CSc1nnc(-c2c[nH]c3ccccc23)n1C1CC1. The molecule has 0 bridgehead atoms. The maximum absolute atomic E-state index is 10.4. The molecular weight excluding hydrogens is 432 g/mol. The van der Waals surface area contributed by atoms with Crippen LogP contribution in [0.15, 0.2) is 59.9 Å². The van der Waals surface area contributed by atoms with E-state index >= 15 is 0 Å². The first-order chi connectivity index (χ1) is 15.2. The van der Waals surface area contributed by atoms with Crippen molar-refractivity contribution in [1.82, 2.24) is 19.7 Å². The first-order valence-electron chi connectivity index (χ1n) is 10.3. The molecule has 1 saturated carbocycles. The third kappa shape index (κ3) is 4.65. The summed E-state index contributed by atoms with van der Waals surface area (Å²) in [6.45, 7) is 0.713. The van der Waals surface area contributed by atoms with Crippen LogP contribution >= 0.6 is 23.4 Å². The monoisotopic (exact) mass is 454 g/mol. The molecule has 0 radical (unpaired) electrons. The maximum Gasteiger partial charge on any atom is 0.191 e. The van der Waals surface area contributed by atoms with Gasteiger partial charge in [-0.3, -0.25) is 4.57 Å². The van der Waals surface area contributed by atoms with E-state index in [-0.39, 0.29) is 6.61 Å². The number of rotatable bonds is 9. The van der Waals surface area contributed by atoms with Gasteiger partial charge in [0.05, 0.1) is 19.3 Å². The minimum Gasteiger partial charge on any atom is -0.390 e. The molecule has 0 amide bonds. The zero-order valence-electron chi connectivity index (χ0n) is 16.9. The average molecular weight is 455 g/mol. The van der Waals surface area contributed by atoms with Crippen LogP contribution in [0.3, 0.4) is 0 Å². The van der Waals surface area contributed by atoms with Gasteiger partial charge in [0.15, 0.2) is 11.0 Å². The largest absolute Gasteiger partial charge is 0.390 e. The van der Waals surface area contributed by atoms with E-state index in [9.17, 15) is 5.11 Å². The predicted octanol–water partition coefficient (Wildman–Crippen LogP) is 5.08. The summed E-state index contributed by atoms with van der Waals surface area (Å²) in [4.78, 5) is 3.32. The maximum atomic E-state index is 10.4. The highest BCUT2D eigenvalue weighted by Gasteiger charge is 2.31. The van der Waals surface area contributed by atoms with Gasteiger partial charge in [-0.05, 0) is 36.6 Å². The lowest BCUT2D eigenvalue weighted by Crippen LogP contribution is -2.18. The Balaban J connectivity index is 1.23. The van der Waals surface area contributed by atoms with Crippen LogP contribution in [0.1, 0.15) is 24.4 Å². The number of halogens is 1. The fourth-order valence-corrected chi connectivity index (χ4v) is 4.63. The zero-order valence-corrected chi connectivity index (χ0v) is 18.4. The standard InChI is InChI=1S/C23H23ClN4O2S/c24-16-7-5-15(6-8-16)12-30-13-18(29)14-31-23-27-26-22(28(23)17-9-10-17)20-11-25-21-4-2-1-3-19(20)21/h1-8,11,17-18,25,29H,9-10,12-14H2. The second kappa shape index (κ2) is 9.04. The van der Waals surface area contributed by atoms with Crippen molar-refractivity contribution in [2.75, 3.05) is 12.4 Å². The molecular formula is C23H23ClN4O2S. The Labute approximate surface area is 189 Å². The smallest absolute Gasteiger partial charge is 0.191 e. The van der Waals surface area contributed by atoms with Crippen LogP contribution in [0.5, 0.6) is 0 Å². The van der Waals surface area contributed by atoms with Crippen molar-refractivity contribution in [1.29, 1.82) is 0 Å². The van der Waals surface area contributed by atoms with Crippen LogP contribution in [-0.4, -0.2) is 43.3 Å². The molecule has 0 aliphatic heterocycles. The first kappa shape index (κ1) is 20.6. The molecule has 1 fully saturated rings. The summed E-state index contributed by atoms with van der Waals surface area (Å²) in [5.41, 5.74) is 3.18. The number of nitrogens with one attached hydrogen (secondary N) is 1. The molecule has 2 aromatic carbocycles. The highest BCUT2D eigenvalue weighted by Crippen LogP contribution is 2.42. The Morgan fingerprint density at radius 1 is 1.16 bits per heavy atom. The van der Waals surface area contributed by atoms with Crippen molar-refractivity contribution in [2.24, 2.45) is 0 Å². The number of aliphatic hydroxyl groups excluding tert-OH is 1. The number of hydrogen-bond acceptors (Lipinski definition) is 5. The molecule has 160 valence electrons. The van der Waals surface area contributed by atoms with E-state index in [4.69, 9.17) is 16.3 Å². The van der Waals surface area contributed by atoms with Gasteiger partial charge in [0.25, 0.3) is 0 Å². The van der Waals surface area contributed by atoms with Gasteiger partial charge in [-0.15, -0.1) is 10.2 Å². The summed E-state index contributed by atoms with van der Waals surface area (Å²) >= 11 is 7.43. The fraction of sp³-hybridized carbons (Fsp3) is 0.304. The summed E-state index contributed by atoms with van der Waals surface area (Å²) in [5.74, 6) is 1.38. The van der Waals surface area contributed by atoms with Gasteiger partial charge in [-0.2, -0.15) is 0 Å². The first-order valence-corrected chi connectivity index (χ1v) is 11.7. The lowest BCUT2D eigenvalue weighted by molar-refractivity contribution is 0.0397. The lowest BCUT2D eigenvalue weighted by atomic mass is 10.1. The van der Waals surface area contributed by atoms with Crippen LogP contribution in [0.4, 0.5) is 0 Å². The van der Waals surface area contributed by atoms with Crippen molar-refractivity contribution in [3.63, 3.8) is 0 Å². The number of fused-ring (bicyclic) bond motifs is 1. The number of nitrogens with zero attached hydrogens (tertiary/aromatic N) is 3. The van der Waals surface area contributed by atoms with E-state index in [0.717, 1.165) is 45.9 Å². The quantitative estimate of drug-likeness (QED) is 0.345. The van der Waals surface area contributed by atoms with Gasteiger partial charge in [0, 0.05) is 39.5 Å². The van der Waals surface area contributed by atoms with Crippen molar-refractivity contribution in [2.45, 2.75) is 36.8 Å². The van der Waals surface area contributed by atoms with Gasteiger partial charge in [0.2, 0.25) is 0 Å². The number of hydrogen-bond donors (Lipinski definition) is 2. The molecule has 5 rings (SSSR count). The van der Waals surface area contributed by atoms with Crippen molar-refractivity contribution in [3.8, 4) is 11.4 Å². The van der Waals surface area contributed by atoms with E-state index in [2.05, 4.69) is 31.9 Å². The number of thioether (sulfide) groups is 1. The number of aliphatic hydroxyl groups is 1. The van der Waals surface area contributed by atoms with E-state index in [1.165, 1.54) is 11.8 Å². The number of aromatic nitrogens is 4. The molecule has 2 N–H and O–H groups in total. The van der Waals surface area contributed by atoms with Crippen LogP contribution < -0.4 is 0 Å². The van der Waals surface area contributed by atoms with E-state index < -0.39 is 6.10 Å². The van der Waals surface area contributed by atoms with Gasteiger partial charge < -0.3 is 14.8 Å². The van der Waals surface area contributed by atoms with Gasteiger partial charge >= 0.3 is 0 Å². The number of ether oxygens (including phenoxy) is 1. The summed E-state index contributed by atoms with van der Waals surface area (Å²) in [5, 5.41) is 22.0. The molecule has 0 spiro atoms. The van der Waals surface area contributed by atoms with E-state index in [1.807, 2.05) is 42.6 Å². The summed E-state index contributed by atoms with van der Waals surface area (Å²) in [6.07, 6.45) is 3.68. The average Bonchev–Trinajstić information content (AvgIpc) is 3.39. The van der Waals surface area contributed by atoms with Crippen LogP contribution in [0, 0.1) is 0 Å². The van der Waals surface area contributed by atoms with Crippen molar-refractivity contribution >= 4 is 34.3 Å². The molecule has 1 unspecified atom stereocenters. The highest BCUT2D eigenvalue weighted by molar-refractivity contribution is 7.99. The second-order valence-corrected chi connectivity index (χ2v) is 9.19. The molecule has 0 saturated heterocycles. The summed E-state index contributed by atoms with van der Waals surface area (Å²) in [7, 11) is 0. The summed E-state index contributed by atoms with van der Waals surface area (Å²) in [6, 6.07) is 16.2. The molecule has 2 aromatic heterocycles. The van der Waals surface area contributed by atoms with Crippen molar-refractivity contribution < 1.29 is 9.84 Å². The third-order valence-corrected chi connectivity index (χ3v) is 6.64. The van der Waals surface area contributed by atoms with Crippen LogP contribution in [0.2, 0.25) is 5.02 Å². The second-order valence-electron chi connectivity index (χ2n) is 7.76. The Hall–Kier alpha value is -2.32. The van der Waals surface area contributed by atoms with Crippen molar-refractivity contribution in [3.05, 3.63) is 65.3 Å². The molecule has 2 heterocycles. The molecule has 1 aliphatic carbocycles. The van der Waals surface area contributed by atoms with Crippen LogP contribution in [0.25, 0.3) is 22.3 Å². The molecule has 1 atom stereocenters. The Morgan fingerprint density at radius 3 is 2.77 bits per heavy atom. The van der Waals surface area contributed by atoms with Crippen LogP contribution in [-0.2, 0) is 11.3 Å². The topological polar surface area (TPSA) is 76.0 Å². The minimum atomic E-state index is -0.585. The molecule has 31 heavy (non-hydrogen) atoms. The van der Waals surface area contributed by atoms with Gasteiger partial charge in [-0.25, -0.2) is 0 Å². The Kier molecular flexibility index (Phi) is 6.00. The fourth-order valence-electron chi connectivity index (χ4n) is 3.59. The normalized spacial score (nSPS) is 14.9. The minimum absolute atomic E-state index is 0.266. The predicted molar refractivity (Wildman–Crippen MR) is 123 cm³/mol. The number of benzene rings is 2. The van der Waals surface area contributed by atoms with Gasteiger partial charge in [0.1, 0.15) is 0 Å². The number of para-hydroxylation sites is 1. The molecule has 6 nitrogen and oxygen atoms in total. The highest BCUT2D eigenvalue weighted by atomic mass is 35.5. The van der Waals surface area contributed by atoms with E-state index in [1.54, 1.807) is 0 Å². The Morgan fingerprint density at radius 2 is 1.97 bits per heavy atom. The molecule has 1 aliphatic rings. The number of H-pyrrole nitrogens is 1. The third-order valence-electron chi connectivity index (χ3n) is 5.30. The summed E-state index contributed by atoms with van der Waals surface area (Å²) < 4.78 is 7.88. The van der Waals surface area contributed by atoms with E-state index in [0.29, 0.717) is 23.4 Å². The zero-order chi connectivity index (χ0) is 21.2. The Bertz CT molecular complexity index is 1170. The lowest BCUT2D eigenvalue weighted by Gasteiger charge is -2.12. The molecule has 8 heteroatoms. The number of aromatic amines is 1. The molecule has 4 aromatic rings. The van der Waals surface area contributed by atoms with Gasteiger partial charge in [-0.1, -0.05) is 53.7 Å².